The van der Waals surface area contributed by atoms with Gasteiger partial charge in [0.25, 0.3) is 0 Å². The second-order valence-electron chi connectivity index (χ2n) is 5.81. The highest BCUT2D eigenvalue weighted by molar-refractivity contribution is 5.82. The van der Waals surface area contributed by atoms with Crippen LogP contribution in [0.3, 0.4) is 0 Å². The summed E-state index contributed by atoms with van der Waals surface area (Å²) in [6.45, 7) is 7.93. The summed E-state index contributed by atoms with van der Waals surface area (Å²) in [7, 11) is 4.14. The van der Waals surface area contributed by atoms with Crippen molar-refractivity contribution >= 4 is 5.91 Å². The number of hydrogen-bond donors (Lipinski definition) is 0. The number of likely N-dealkylation sites (tertiary alicyclic amines) is 1. The van der Waals surface area contributed by atoms with Crippen LogP contribution in [0.15, 0.2) is 0 Å². The Morgan fingerprint density at radius 1 is 1.40 bits per heavy atom. The Morgan fingerprint density at radius 2 is 2.00 bits per heavy atom. The topological polar surface area (TPSA) is 23.6 Å². The van der Waals surface area contributed by atoms with Crippen molar-refractivity contribution in [3.63, 3.8) is 0 Å². The highest BCUT2D eigenvalue weighted by Gasteiger charge is 2.34. The van der Waals surface area contributed by atoms with Crippen molar-refractivity contribution in [3.05, 3.63) is 0 Å². The Bertz CT molecular complexity index is 230. The van der Waals surface area contributed by atoms with Crippen molar-refractivity contribution < 1.29 is 4.79 Å². The predicted octanol–water partition coefficient (Wildman–Crippen LogP) is 1.59. The second kappa shape index (κ2) is 4.52. The van der Waals surface area contributed by atoms with Crippen LogP contribution in [-0.4, -0.2) is 48.9 Å². The monoisotopic (exact) mass is 212 g/mol. The highest BCUT2D eigenvalue weighted by Crippen LogP contribution is 2.25. The van der Waals surface area contributed by atoms with Crippen LogP contribution in [0.2, 0.25) is 0 Å². The van der Waals surface area contributed by atoms with Crippen molar-refractivity contribution in [2.75, 3.05) is 27.2 Å². The van der Waals surface area contributed by atoms with Gasteiger partial charge in [-0.2, -0.15) is 0 Å². The molecule has 0 aromatic heterocycles. The summed E-state index contributed by atoms with van der Waals surface area (Å²) in [6, 6.07) is 0.423. The van der Waals surface area contributed by atoms with E-state index in [0.29, 0.717) is 11.9 Å². The fourth-order valence-electron chi connectivity index (χ4n) is 2.15. The van der Waals surface area contributed by atoms with Gasteiger partial charge in [0.1, 0.15) is 0 Å². The summed E-state index contributed by atoms with van der Waals surface area (Å²) in [4.78, 5) is 16.4. The number of nitrogens with zero attached hydrogens (tertiary/aromatic N) is 2. The van der Waals surface area contributed by atoms with E-state index < -0.39 is 0 Å². The molecule has 1 aliphatic rings. The van der Waals surface area contributed by atoms with E-state index in [-0.39, 0.29) is 5.41 Å². The van der Waals surface area contributed by atoms with Crippen LogP contribution in [0.25, 0.3) is 0 Å². The molecule has 0 radical (unpaired) electrons. The van der Waals surface area contributed by atoms with E-state index >= 15 is 0 Å². The van der Waals surface area contributed by atoms with Crippen LogP contribution in [0.5, 0.6) is 0 Å². The Morgan fingerprint density at radius 3 is 2.47 bits per heavy atom. The summed E-state index contributed by atoms with van der Waals surface area (Å²) in [6.07, 6.45) is 2.31. The zero-order valence-corrected chi connectivity index (χ0v) is 10.7. The maximum atomic E-state index is 12.2. The van der Waals surface area contributed by atoms with Crippen LogP contribution >= 0.6 is 0 Å². The predicted molar refractivity (Wildman–Crippen MR) is 62.7 cm³/mol. The van der Waals surface area contributed by atoms with Gasteiger partial charge in [-0.3, -0.25) is 4.79 Å². The molecule has 0 saturated carbocycles. The molecule has 0 bridgehead atoms. The first-order valence-electron chi connectivity index (χ1n) is 5.78. The first-order chi connectivity index (χ1) is 6.82. The third-order valence-corrected chi connectivity index (χ3v) is 2.86. The first-order valence-corrected chi connectivity index (χ1v) is 5.78. The van der Waals surface area contributed by atoms with E-state index in [1.54, 1.807) is 0 Å². The number of carbonyl (C=O) groups is 1. The van der Waals surface area contributed by atoms with Gasteiger partial charge in [0, 0.05) is 24.5 Å². The fourth-order valence-corrected chi connectivity index (χ4v) is 2.15. The van der Waals surface area contributed by atoms with Crippen LogP contribution < -0.4 is 0 Å². The molecular formula is C12H24N2O. The number of hydrogen-bond acceptors (Lipinski definition) is 2. The molecule has 1 atom stereocenters. The Labute approximate surface area is 93.4 Å². The van der Waals surface area contributed by atoms with Gasteiger partial charge >= 0.3 is 0 Å². The van der Waals surface area contributed by atoms with Crippen molar-refractivity contribution in [1.29, 1.82) is 0 Å². The van der Waals surface area contributed by atoms with E-state index in [0.717, 1.165) is 25.9 Å². The lowest BCUT2D eigenvalue weighted by Crippen LogP contribution is -2.46. The molecule has 15 heavy (non-hydrogen) atoms. The Hall–Kier alpha value is -0.570. The van der Waals surface area contributed by atoms with E-state index in [4.69, 9.17) is 0 Å². The molecule has 88 valence electrons. The van der Waals surface area contributed by atoms with Crippen molar-refractivity contribution in [1.82, 2.24) is 9.80 Å². The zero-order valence-electron chi connectivity index (χ0n) is 10.7. The molecule has 1 heterocycles. The van der Waals surface area contributed by atoms with Gasteiger partial charge in [-0.1, -0.05) is 20.8 Å². The molecule has 0 aliphatic carbocycles. The molecule has 0 N–H and O–H groups in total. The lowest BCUT2D eigenvalue weighted by Gasteiger charge is -2.32. The van der Waals surface area contributed by atoms with Crippen LogP contribution in [0, 0.1) is 5.41 Å². The van der Waals surface area contributed by atoms with Gasteiger partial charge in [0.2, 0.25) is 5.91 Å². The van der Waals surface area contributed by atoms with Crippen molar-refractivity contribution in [3.8, 4) is 0 Å². The quantitative estimate of drug-likeness (QED) is 0.694. The summed E-state index contributed by atoms with van der Waals surface area (Å²) in [5.41, 5.74) is -0.241. The van der Waals surface area contributed by atoms with Gasteiger partial charge in [0.15, 0.2) is 0 Å². The Kier molecular flexibility index (Phi) is 3.77. The van der Waals surface area contributed by atoms with Gasteiger partial charge in [-0.25, -0.2) is 0 Å². The van der Waals surface area contributed by atoms with Crippen molar-refractivity contribution in [2.24, 2.45) is 5.41 Å². The smallest absolute Gasteiger partial charge is 0.228 e. The van der Waals surface area contributed by atoms with Gasteiger partial charge in [0.05, 0.1) is 0 Å². The maximum absolute atomic E-state index is 12.2. The highest BCUT2D eigenvalue weighted by atomic mass is 16.2. The zero-order chi connectivity index (χ0) is 11.6. The van der Waals surface area contributed by atoms with Crippen molar-refractivity contribution in [2.45, 2.75) is 39.7 Å². The molecule has 3 nitrogen and oxygen atoms in total. The summed E-state index contributed by atoms with van der Waals surface area (Å²) in [5, 5.41) is 0. The van der Waals surface area contributed by atoms with E-state index in [2.05, 4.69) is 23.9 Å². The molecular weight excluding hydrogens is 188 g/mol. The van der Waals surface area contributed by atoms with E-state index in [1.165, 1.54) is 0 Å². The molecule has 0 aromatic carbocycles. The second-order valence-corrected chi connectivity index (χ2v) is 5.81. The minimum atomic E-state index is -0.241. The molecule has 3 heteroatoms. The third-order valence-electron chi connectivity index (χ3n) is 2.86. The van der Waals surface area contributed by atoms with Gasteiger partial charge < -0.3 is 9.80 Å². The van der Waals surface area contributed by atoms with Crippen LogP contribution in [0.1, 0.15) is 33.6 Å². The lowest BCUT2D eigenvalue weighted by molar-refractivity contribution is -0.140. The van der Waals surface area contributed by atoms with Crippen LogP contribution in [0.4, 0.5) is 0 Å². The standard InChI is InChI=1S/C12H24N2O/c1-12(2,3)11(15)14-8-6-7-10(14)9-13(4)5/h10H,6-9H2,1-5H3. The molecule has 1 saturated heterocycles. The van der Waals surface area contributed by atoms with E-state index in [9.17, 15) is 4.79 Å². The molecule has 1 rings (SSSR count). The Balaban J connectivity index is 2.64. The van der Waals surface area contributed by atoms with Gasteiger partial charge in [-0.15, -0.1) is 0 Å². The number of amides is 1. The summed E-state index contributed by atoms with van der Waals surface area (Å²) < 4.78 is 0. The molecule has 1 amide bonds. The molecule has 1 aliphatic heterocycles. The third kappa shape index (κ3) is 3.20. The normalized spacial score (nSPS) is 22.5. The summed E-state index contributed by atoms with van der Waals surface area (Å²) in [5.74, 6) is 0.298. The summed E-state index contributed by atoms with van der Waals surface area (Å²) >= 11 is 0. The molecule has 0 spiro atoms. The minimum absolute atomic E-state index is 0.241. The average molecular weight is 212 g/mol. The van der Waals surface area contributed by atoms with E-state index in [1.807, 2.05) is 20.8 Å². The molecule has 0 aromatic rings. The van der Waals surface area contributed by atoms with Gasteiger partial charge in [-0.05, 0) is 26.9 Å². The number of carbonyl (C=O) groups excluding carboxylic acids is 1. The lowest BCUT2D eigenvalue weighted by atomic mass is 9.94. The molecule has 1 unspecified atom stereocenters. The largest absolute Gasteiger partial charge is 0.338 e. The molecule has 1 fully saturated rings. The number of likely N-dealkylation sites (N-methyl/N-ethyl adjacent to an activating group) is 1. The fraction of sp³-hybridized carbons (Fsp3) is 0.917. The minimum Gasteiger partial charge on any atom is -0.338 e. The maximum Gasteiger partial charge on any atom is 0.228 e. The average Bonchev–Trinajstić information content (AvgIpc) is 2.48. The number of rotatable bonds is 2. The first kappa shape index (κ1) is 12.5. The SMILES string of the molecule is CN(C)CC1CCCN1C(=O)C(C)(C)C. The van der Waals surface area contributed by atoms with Crippen LogP contribution in [-0.2, 0) is 4.79 Å².